The van der Waals surface area contributed by atoms with Crippen LogP contribution in [0.25, 0.3) is 16.8 Å². The number of aryl methyl sites for hydroxylation is 1. The van der Waals surface area contributed by atoms with Crippen LogP contribution in [0.3, 0.4) is 0 Å². The molecule has 5 rings (SSSR count). The molecule has 0 spiro atoms. The Labute approximate surface area is 209 Å². The number of imide groups is 1. The average molecular weight is 480 g/mol. The third kappa shape index (κ3) is 5.47. The van der Waals surface area contributed by atoms with Gasteiger partial charge in [0.2, 0.25) is 0 Å². The van der Waals surface area contributed by atoms with Crippen molar-refractivity contribution in [3.63, 3.8) is 0 Å². The van der Waals surface area contributed by atoms with E-state index in [-0.39, 0.29) is 11.1 Å². The first-order valence-electron chi connectivity index (χ1n) is 11.7. The van der Waals surface area contributed by atoms with Crippen molar-refractivity contribution in [2.24, 2.45) is 0 Å². The normalized spacial score (nSPS) is 14.7. The number of rotatable bonds is 8. The first kappa shape index (κ1) is 22.9. The smallest absolute Gasteiger partial charge is 0.293 e. The molecule has 1 aliphatic heterocycles. The highest BCUT2D eigenvalue weighted by Crippen LogP contribution is 2.34. The molecule has 0 aromatic heterocycles. The van der Waals surface area contributed by atoms with E-state index in [0.29, 0.717) is 23.8 Å². The summed E-state index contributed by atoms with van der Waals surface area (Å²) in [4.78, 5) is 27.3. The Morgan fingerprint density at radius 1 is 0.771 bits per heavy atom. The van der Waals surface area contributed by atoms with E-state index in [2.05, 4.69) is 42.5 Å². The van der Waals surface area contributed by atoms with Crippen LogP contribution in [0.5, 0.6) is 5.75 Å². The van der Waals surface area contributed by atoms with Gasteiger partial charge in [-0.15, -0.1) is 0 Å². The van der Waals surface area contributed by atoms with E-state index in [4.69, 9.17) is 4.74 Å². The van der Waals surface area contributed by atoms with E-state index in [1.807, 2.05) is 54.6 Å². The molecule has 0 aliphatic carbocycles. The monoisotopic (exact) mass is 479 g/mol. The summed E-state index contributed by atoms with van der Waals surface area (Å²) in [6, 6.07) is 32.2. The van der Waals surface area contributed by atoms with Crippen LogP contribution in [0.2, 0.25) is 0 Å². The minimum absolute atomic E-state index is 0.219. The third-order valence-electron chi connectivity index (χ3n) is 5.98. The molecule has 1 aliphatic rings. The zero-order chi connectivity index (χ0) is 24.0. The number of nitrogens with zero attached hydrogens (tertiary/aromatic N) is 1. The largest absolute Gasteiger partial charge is 0.488 e. The maximum absolute atomic E-state index is 13.0. The van der Waals surface area contributed by atoms with Gasteiger partial charge >= 0.3 is 0 Å². The zero-order valence-corrected chi connectivity index (χ0v) is 20.0. The fourth-order valence-electron chi connectivity index (χ4n) is 4.14. The van der Waals surface area contributed by atoms with Crippen molar-refractivity contribution in [1.29, 1.82) is 0 Å². The number of para-hydroxylation sites is 1. The van der Waals surface area contributed by atoms with Crippen LogP contribution in [0.15, 0.2) is 102 Å². The number of thioether (sulfide) groups is 1. The quantitative estimate of drug-likeness (QED) is 0.253. The predicted octanol–water partition coefficient (Wildman–Crippen LogP) is 7.09. The molecule has 35 heavy (non-hydrogen) atoms. The van der Waals surface area contributed by atoms with Crippen LogP contribution in [-0.2, 0) is 17.8 Å². The molecule has 1 fully saturated rings. The van der Waals surface area contributed by atoms with Crippen LogP contribution in [0.1, 0.15) is 23.1 Å². The van der Waals surface area contributed by atoms with Gasteiger partial charge in [0.15, 0.2) is 0 Å². The number of ether oxygens (including phenoxy) is 1. The molecule has 0 saturated carbocycles. The van der Waals surface area contributed by atoms with Crippen LogP contribution in [0, 0.1) is 0 Å². The molecule has 2 amide bonds. The van der Waals surface area contributed by atoms with E-state index >= 15 is 0 Å². The van der Waals surface area contributed by atoms with Crippen LogP contribution in [0.4, 0.5) is 4.79 Å². The van der Waals surface area contributed by atoms with Gasteiger partial charge in [-0.25, -0.2) is 0 Å². The maximum Gasteiger partial charge on any atom is 0.293 e. The van der Waals surface area contributed by atoms with E-state index in [0.717, 1.165) is 35.7 Å². The minimum Gasteiger partial charge on any atom is -0.488 e. The fraction of sp³-hybridized carbons (Fsp3) is 0.133. The van der Waals surface area contributed by atoms with Crippen molar-refractivity contribution < 1.29 is 14.3 Å². The topological polar surface area (TPSA) is 46.6 Å². The number of benzene rings is 4. The van der Waals surface area contributed by atoms with Crippen molar-refractivity contribution in [3.8, 4) is 5.75 Å². The molecular formula is C30H25NO3S. The van der Waals surface area contributed by atoms with Gasteiger partial charge in [-0.2, -0.15) is 0 Å². The standard InChI is InChI=1S/C30H25NO3S/c32-29-28(35-30(33)31(29)18-8-11-22-9-2-1-3-10-22)20-26-14-6-7-15-27(26)34-21-23-16-17-24-12-4-5-13-25(24)19-23/h1-7,9-10,12-17,19-20H,8,11,18,21H2/b28-20+. The molecule has 174 valence electrons. The lowest BCUT2D eigenvalue weighted by Crippen LogP contribution is -2.29. The van der Waals surface area contributed by atoms with Gasteiger partial charge in [0.1, 0.15) is 12.4 Å². The van der Waals surface area contributed by atoms with E-state index in [1.54, 1.807) is 6.08 Å². The highest BCUT2D eigenvalue weighted by molar-refractivity contribution is 8.18. The summed E-state index contributed by atoms with van der Waals surface area (Å²) in [6.07, 6.45) is 3.33. The van der Waals surface area contributed by atoms with Gasteiger partial charge in [-0.05, 0) is 64.7 Å². The fourth-order valence-corrected chi connectivity index (χ4v) is 5.00. The van der Waals surface area contributed by atoms with Gasteiger partial charge in [0.05, 0.1) is 4.91 Å². The van der Waals surface area contributed by atoms with E-state index < -0.39 is 0 Å². The lowest BCUT2D eigenvalue weighted by atomic mass is 10.1. The Hall–Kier alpha value is -3.83. The van der Waals surface area contributed by atoms with Gasteiger partial charge in [0, 0.05) is 12.1 Å². The second-order valence-electron chi connectivity index (χ2n) is 8.43. The summed E-state index contributed by atoms with van der Waals surface area (Å²) in [5, 5.41) is 2.14. The number of hydrogen-bond donors (Lipinski definition) is 0. The molecule has 5 heteroatoms. The number of hydrogen-bond acceptors (Lipinski definition) is 4. The summed E-state index contributed by atoms with van der Waals surface area (Å²) in [7, 11) is 0. The summed E-state index contributed by atoms with van der Waals surface area (Å²) in [6.45, 7) is 0.827. The van der Waals surface area contributed by atoms with Gasteiger partial charge in [-0.3, -0.25) is 14.5 Å². The van der Waals surface area contributed by atoms with Crippen LogP contribution in [-0.4, -0.2) is 22.6 Å². The molecular weight excluding hydrogens is 454 g/mol. The number of carbonyl (C=O) groups excluding carboxylic acids is 2. The molecule has 1 heterocycles. The number of amides is 2. The molecule has 0 radical (unpaired) electrons. The SMILES string of the molecule is O=C1S/C(=C/c2ccccc2OCc2ccc3ccccc3c2)C(=O)N1CCCc1ccccc1. The average Bonchev–Trinajstić information content (AvgIpc) is 3.16. The van der Waals surface area contributed by atoms with Gasteiger partial charge in [0.25, 0.3) is 11.1 Å². The molecule has 0 unspecified atom stereocenters. The molecule has 4 aromatic rings. The number of carbonyl (C=O) groups is 2. The molecule has 0 bridgehead atoms. The zero-order valence-electron chi connectivity index (χ0n) is 19.2. The summed E-state index contributed by atoms with van der Waals surface area (Å²) in [5.74, 6) is 0.439. The Balaban J connectivity index is 1.26. The lowest BCUT2D eigenvalue weighted by Gasteiger charge is -2.12. The molecule has 0 N–H and O–H groups in total. The van der Waals surface area contributed by atoms with Crippen molar-refractivity contribution >= 4 is 39.8 Å². The lowest BCUT2D eigenvalue weighted by molar-refractivity contribution is -0.122. The first-order chi connectivity index (χ1) is 17.2. The van der Waals surface area contributed by atoms with Crippen molar-refractivity contribution in [2.75, 3.05) is 6.54 Å². The maximum atomic E-state index is 13.0. The Kier molecular flexibility index (Phi) is 6.96. The minimum atomic E-state index is -0.239. The van der Waals surface area contributed by atoms with Crippen LogP contribution >= 0.6 is 11.8 Å². The first-order valence-corrected chi connectivity index (χ1v) is 12.5. The third-order valence-corrected chi connectivity index (χ3v) is 6.88. The molecule has 1 saturated heterocycles. The van der Waals surface area contributed by atoms with Crippen molar-refractivity contribution in [3.05, 3.63) is 119 Å². The Morgan fingerprint density at radius 2 is 1.51 bits per heavy atom. The highest BCUT2D eigenvalue weighted by atomic mass is 32.2. The van der Waals surface area contributed by atoms with E-state index in [9.17, 15) is 9.59 Å². The summed E-state index contributed by atoms with van der Waals surface area (Å²) < 4.78 is 6.12. The molecule has 0 atom stereocenters. The van der Waals surface area contributed by atoms with Gasteiger partial charge in [-0.1, -0.05) is 84.9 Å². The predicted molar refractivity (Wildman–Crippen MR) is 142 cm³/mol. The van der Waals surface area contributed by atoms with Crippen molar-refractivity contribution in [2.45, 2.75) is 19.4 Å². The number of fused-ring (bicyclic) bond motifs is 1. The van der Waals surface area contributed by atoms with Crippen LogP contribution < -0.4 is 4.74 Å². The summed E-state index contributed by atoms with van der Waals surface area (Å²) >= 11 is 0.990. The Bertz CT molecular complexity index is 1400. The molecule has 4 nitrogen and oxygen atoms in total. The highest BCUT2D eigenvalue weighted by Gasteiger charge is 2.34. The summed E-state index contributed by atoms with van der Waals surface area (Å²) in [5.41, 5.74) is 3.05. The molecule has 4 aromatic carbocycles. The second-order valence-corrected chi connectivity index (χ2v) is 9.42. The van der Waals surface area contributed by atoms with E-state index in [1.165, 1.54) is 21.2 Å². The second kappa shape index (κ2) is 10.6. The van der Waals surface area contributed by atoms with Gasteiger partial charge < -0.3 is 4.74 Å². The van der Waals surface area contributed by atoms with Crippen molar-refractivity contribution in [1.82, 2.24) is 4.90 Å². The Morgan fingerprint density at radius 3 is 2.37 bits per heavy atom.